The number of aliphatic imine (C=N–C) groups is 1. The maximum absolute atomic E-state index is 13.9. The number of nitrogens with zero attached hydrogens (tertiary/aromatic N) is 6. The van der Waals surface area contributed by atoms with E-state index in [1.54, 1.807) is 17.3 Å². The zero-order valence-corrected chi connectivity index (χ0v) is 32.5. The van der Waals surface area contributed by atoms with Crippen molar-refractivity contribution in [3.05, 3.63) is 113 Å². The van der Waals surface area contributed by atoms with Crippen molar-refractivity contribution < 1.29 is 28.9 Å². The van der Waals surface area contributed by atoms with Gasteiger partial charge in [-0.05, 0) is 48.4 Å². The van der Waals surface area contributed by atoms with E-state index in [2.05, 4.69) is 35.1 Å². The van der Waals surface area contributed by atoms with Gasteiger partial charge in [-0.2, -0.15) is 31.9 Å². The fourth-order valence-electron chi connectivity index (χ4n) is 7.19. The summed E-state index contributed by atoms with van der Waals surface area (Å²) in [6.45, 7) is 1.12. The number of aromatic nitrogens is 5. The van der Waals surface area contributed by atoms with Crippen LogP contribution in [-0.4, -0.2) is 86.3 Å². The molecule has 3 amide bonds. The molecule has 0 bridgehead atoms. The quantitative estimate of drug-likeness (QED) is 0.0658. The van der Waals surface area contributed by atoms with E-state index in [1.807, 2.05) is 71.6 Å². The van der Waals surface area contributed by atoms with Gasteiger partial charge in [-0.3, -0.25) is 9.59 Å². The first kappa shape index (κ1) is 40.8. The van der Waals surface area contributed by atoms with Gasteiger partial charge >= 0.3 is 6.09 Å². The number of imidazole rings is 2. The Labute approximate surface area is 332 Å². The van der Waals surface area contributed by atoms with Crippen LogP contribution in [-0.2, 0) is 30.5 Å². The molecular weight excluding hydrogens is 743 g/mol. The lowest BCUT2D eigenvalue weighted by Crippen LogP contribution is -2.42. The van der Waals surface area contributed by atoms with Gasteiger partial charge in [0.15, 0.2) is 11.7 Å². The first-order valence-electron chi connectivity index (χ1n) is 17.6. The number of likely N-dealkylation sites (tertiary alicyclic amines) is 2. The number of H-pyrrole nitrogens is 2. The number of carbonyl (C=O) groups is 3. The molecule has 2 saturated heterocycles. The molecule has 17 heteroatoms. The summed E-state index contributed by atoms with van der Waals surface area (Å²) in [6.07, 6.45) is 7.68. The van der Waals surface area contributed by atoms with Crippen molar-refractivity contribution in [3.63, 3.8) is 0 Å². The smallest absolute Gasteiger partial charge is 0.407 e. The molecule has 0 radical (unpaired) electrons. The van der Waals surface area contributed by atoms with Crippen LogP contribution in [0.5, 0.6) is 0 Å². The Morgan fingerprint density at radius 3 is 2.20 bits per heavy atom. The number of pyridine rings is 1. The molecule has 15 nitrogen and oxygen atoms in total. The van der Waals surface area contributed by atoms with Crippen LogP contribution in [0, 0.1) is 0 Å². The second kappa shape index (κ2) is 18.8. The minimum absolute atomic E-state index is 0. The van der Waals surface area contributed by atoms with E-state index in [9.17, 15) is 14.4 Å². The van der Waals surface area contributed by atoms with Crippen molar-refractivity contribution in [1.29, 1.82) is 0 Å². The average molecular weight is 788 g/mol. The molecule has 2 fully saturated rings. The minimum Gasteiger partial charge on any atom is -0.453 e. The topological polar surface area (TPSA) is 180 Å². The van der Waals surface area contributed by atoms with Crippen LogP contribution < -0.4 is 5.32 Å². The Balaban J connectivity index is 0.00000290. The number of alkyl carbamates (subject to hydrolysis) is 1. The van der Waals surface area contributed by atoms with Crippen LogP contribution in [0.2, 0.25) is 0 Å². The Hall–Kier alpha value is -5.39. The van der Waals surface area contributed by atoms with Crippen LogP contribution in [0.3, 0.4) is 0 Å². The zero-order valence-electron chi connectivity index (χ0n) is 30.5. The highest BCUT2D eigenvalue weighted by atomic mass is 32.1. The molecule has 0 aliphatic carbocycles. The van der Waals surface area contributed by atoms with Gasteiger partial charge in [-0.25, -0.2) is 24.7 Å². The summed E-state index contributed by atoms with van der Waals surface area (Å²) in [6, 6.07) is 18.3. The monoisotopic (exact) mass is 787 g/mol. The van der Waals surface area contributed by atoms with Crippen molar-refractivity contribution in [2.45, 2.75) is 56.3 Å². The van der Waals surface area contributed by atoms with E-state index in [1.165, 1.54) is 14.2 Å². The average Bonchev–Trinajstić information content (AvgIpc) is 4.02. The first-order valence-corrected chi connectivity index (χ1v) is 17.6. The summed E-state index contributed by atoms with van der Waals surface area (Å²) in [5, 5.41) is 2.70. The van der Waals surface area contributed by atoms with Crippen molar-refractivity contribution in [1.82, 2.24) is 40.0 Å². The molecule has 2 aliphatic heterocycles. The maximum atomic E-state index is 13.9. The minimum atomic E-state index is -0.889. The number of carbonyl (C=O) groups excluding carboxylic acids is 3. The molecule has 0 spiro atoms. The fraction of sp³-hybridized carbons (Fsp3) is 0.342. The second-order valence-corrected chi connectivity index (χ2v) is 13.0. The van der Waals surface area contributed by atoms with Crippen LogP contribution in [0.25, 0.3) is 11.2 Å². The normalized spacial score (nSPS) is 17.7. The number of benzene rings is 2. The molecule has 7 rings (SSSR count). The van der Waals surface area contributed by atoms with Gasteiger partial charge in [0, 0.05) is 37.6 Å². The van der Waals surface area contributed by atoms with Crippen LogP contribution in [0.4, 0.5) is 4.79 Å². The first-order chi connectivity index (χ1) is 25.9. The van der Waals surface area contributed by atoms with E-state index in [0.717, 1.165) is 54.4 Å². The highest BCUT2D eigenvalue weighted by Gasteiger charge is 2.38. The Kier molecular flexibility index (Phi) is 13.9. The van der Waals surface area contributed by atoms with E-state index in [-0.39, 0.29) is 50.9 Å². The molecule has 290 valence electrons. The number of rotatable bonds is 12. The Morgan fingerprint density at radius 1 is 0.873 bits per heavy atom. The van der Waals surface area contributed by atoms with Gasteiger partial charge in [-0.1, -0.05) is 60.7 Å². The lowest BCUT2D eigenvalue weighted by Gasteiger charge is -2.28. The predicted octanol–water partition coefficient (Wildman–Crippen LogP) is 5.27. The number of hydrogen-bond donors (Lipinski definition) is 3. The van der Waals surface area contributed by atoms with Crippen molar-refractivity contribution in [3.8, 4) is 0 Å². The number of fused-ring (bicyclic) bond motifs is 1. The standard InChI is InChI=1S/C38H41N9O6.2H2S/c1-51-38(50)44-32(26-13-7-4-8-14-26)37(49)46-17-9-15-29(46)34-40-22-27(42-34)19-24-20-28-33(39-21-24)45-35(43-28)30-16-10-18-47(30)36(48)31(41-23-53-52-2)25-11-5-3-6-12-25;;/h3-8,11-14,20-23,29-32H,9-10,15-19H2,1-2H3,(H,40,42)(H,44,50)(H,39,43,45);2*1H2/t29-,30-,31+,32+;;/m0../s1. The predicted molar refractivity (Wildman–Crippen MR) is 214 cm³/mol. The molecule has 5 heterocycles. The van der Waals surface area contributed by atoms with Gasteiger partial charge in [0.25, 0.3) is 11.8 Å². The van der Waals surface area contributed by atoms with Crippen LogP contribution in [0.15, 0.2) is 84.1 Å². The Bertz CT molecular complexity index is 2080. The summed E-state index contributed by atoms with van der Waals surface area (Å²) in [5.41, 5.74) is 4.55. The van der Waals surface area contributed by atoms with E-state index < -0.39 is 18.2 Å². The zero-order chi connectivity index (χ0) is 36.7. The molecule has 5 aromatic rings. The third-order valence-corrected chi connectivity index (χ3v) is 9.68. The third-order valence-electron chi connectivity index (χ3n) is 9.68. The molecule has 3 aromatic heterocycles. The van der Waals surface area contributed by atoms with Crippen molar-refractivity contribution >= 4 is 62.5 Å². The van der Waals surface area contributed by atoms with E-state index in [4.69, 9.17) is 14.6 Å². The summed E-state index contributed by atoms with van der Waals surface area (Å²) in [4.78, 5) is 78.4. The van der Waals surface area contributed by atoms with Gasteiger partial charge < -0.3 is 34.7 Å². The summed E-state index contributed by atoms with van der Waals surface area (Å²) in [5.74, 6) is 0.977. The molecule has 0 unspecified atom stereocenters. The van der Waals surface area contributed by atoms with Crippen molar-refractivity contribution in [2.75, 3.05) is 27.3 Å². The van der Waals surface area contributed by atoms with Gasteiger partial charge in [0.2, 0.25) is 6.40 Å². The molecule has 4 atom stereocenters. The highest BCUT2D eigenvalue weighted by Crippen LogP contribution is 2.36. The maximum Gasteiger partial charge on any atom is 0.407 e. The summed E-state index contributed by atoms with van der Waals surface area (Å²) >= 11 is 0. The highest BCUT2D eigenvalue weighted by molar-refractivity contribution is 7.59. The summed E-state index contributed by atoms with van der Waals surface area (Å²) in [7, 11) is 2.65. The number of aromatic amines is 2. The van der Waals surface area contributed by atoms with Gasteiger partial charge in [0.05, 0.1) is 31.8 Å². The molecule has 0 saturated carbocycles. The molecular formula is C38H45N9O6S2. The number of amides is 3. The van der Waals surface area contributed by atoms with Crippen LogP contribution in [0.1, 0.15) is 83.9 Å². The van der Waals surface area contributed by atoms with Crippen molar-refractivity contribution in [2.24, 2.45) is 4.99 Å². The number of nitrogens with one attached hydrogen (secondary N) is 3. The number of methoxy groups -OCH3 is 1. The van der Waals surface area contributed by atoms with E-state index >= 15 is 0 Å². The largest absolute Gasteiger partial charge is 0.453 e. The fourth-order valence-corrected chi connectivity index (χ4v) is 7.19. The molecule has 2 aliphatic rings. The Morgan fingerprint density at radius 2 is 1.53 bits per heavy atom. The van der Waals surface area contributed by atoms with E-state index in [0.29, 0.717) is 42.4 Å². The number of hydrogen-bond acceptors (Lipinski definition) is 10. The molecule has 3 N–H and O–H groups in total. The van der Waals surface area contributed by atoms with Gasteiger partial charge in [0.1, 0.15) is 17.7 Å². The molecule has 55 heavy (non-hydrogen) atoms. The third kappa shape index (κ3) is 9.12. The lowest BCUT2D eigenvalue weighted by molar-refractivity contribution is -0.188. The van der Waals surface area contributed by atoms with Crippen LogP contribution >= 0.6 is 27.0 Å². The molecule has 2 aromatic carbocycles. The summed E-state index contributed by atoms with van der Waals surface area (Å²) < 4.78 is 4.82. The second-order valence-electron chi connectivity index (χ2n) is 13.0. The van der Waals surface area contributed by atoms with Gasteiger partial charge in [-0.15, -0.1) is 0 Å². The lowest BCUT2D eigenvalue weighted by atomic mass is 10.1. The SMILES string of the molecule is COOC=N[C@@H](C(=O)N1CCC[C@H]1c1nc2ncc(Cc3cnc([C@@H]4CCCN4C(=O)[C@H](NC(=O)OC)c4ccccc4)[nH]3)cc2[nH]1)c1ccccc1.S.S. The number of ether oxygens (including phenoxy) is 1.